The molecule has 1 aromatic carbocycles. The zero-order valence-corrected chi connectivity index (χ0v) is 21.1. The number of nitrogens with two attached hydrogens (primary N) is 1. The third-order valence-electron chi connectivity index (χ3n) is 6.33. The fourth-order valence-electron chi connectivity index (χ4n) is 4.53. The molecule has 11 nitrogen and oxygen atoms in total. The number of nitrogens with one attached hydrogen (secondary N) is 1. The minimum atomic E-state index is -0.577. The second-order valence-electron chi connectivity index (χ2n) is 8.97. The fourth-order valence-corrected chi connectivity index (χ4v) is 4.53. The summed E-state index contributed by atoms with van der Waals surface area (Å²) < 4.78 is 6.24. The molecular weight excluding hydrogens is 494 g/mol. The molecule has 1 atom stereocenters. The van der Waals surface area contributed by atoms with Gasteiger partial charge in [0.05, 0.1) is 22.9 Å². The molecule has 11 heteroatoms. The smallest absolute Gasteiger partial charge is 0.338 e. The summed E-state index contributed by atoms with van der Waals surface area (Å²) >= 11 is 0. The number of aromatic nitrogens is 7. The molecule has 0 aliphatic rings. The number of benzene rings is 1. The van der Waals surface area contributed by atoms with Crippen LogP contribution in [0.2, 0.25) is 0 Å². The van der Waals surface area contributed by atoms with Crippen LogP contribution in [0, 0.1) is 11.8 Å². The van der Waals surface area contributed by atoms with Gasteiger partial charge in [-0.1, -0.05) is 18.2 Å². The monoisotopic (exact) mass is 517 g/mol. The van der Waals surface area contributed by atoms with Crippen molar-refractivity contribution >= 4 is 22.9 Å². The van der Waals surface area contributed by atoms with E-state index in [1.54, 1.807) is 50.4 Å². The van der Waals surface area contributed by atoms with E-state index in [1.807, 2.05) is 56.4 Å². The summed E-state index contributed by atoms with van der Waals surface area (Å²) in [6.45, 7) is 1.81. The van der Waals surface area contributed by atoms with Gasteiger partial charge in [0.25, 0.3) is 5.91 Å². The number of aryl methyl sites for hydroxylation is 1. The molecule has 0 aliphatic heterocycles. The van der Waals surface area contributed by atoms with Crippen LogP contribution >= 0.6 is 0 Å². The maximum Gasteiger partial charge on any atom is 0.338 e. The molecule has 6 rings (SSSR count). The molecule has 0 saturated heterocycles. The van der Waals surface area contributed by atoms with Crippen LogP contribution in [-0.4, -0.2) is 39.3 Å². The molecule has 6 aromatic rings. The Morgan fingerprint density at radius 2 is 1.85 bits per heavy atom. The summed E-state index contributed by atoms with van der Waals surface area (Å²) in [4.78, 5) is 31.6. The number of nitrogen functional groups attached to an aromatic ring is 1. The highest BCUT2D eigenvalue weighted by atomic mass is 16.2. The second-order valence-corrected chi connectivity index (χ2v) is 8.97. The van der Waals surface area contributed by atoms with Crippen molar-refractivity contribution in [2.75, 3.05) is 5.73 Å². The Morgan fingerprint density at radius 1 is 1.03 bits per heavy atom. The van der Waals surface area contributed by atoms with Crippen LogP contribution in [0.4, 0.5) is 5.82 Å². The standard InChI is InChI=1S/C28H23N9O2/c1-18(31-27(38)24-25(29)33-35-15-6-14-30-26(24)35)23-17-22-12-11-21(10-9-19-13-16-34(2)32-19)36(22)28(39)37(23)20-7-4-3-5-8-20/h3-8,11-18H,1-2H3,(H2,29,33)(H,31,38)/t18-/m0/s1. The third-order valence-corrected chi connectivity index (χ3v) is 6.33. The van der Waals surface area contributed by atoms with E-state index in [1.165, 1.54) is 4.52 Å². The van der Waals surface area contributed by atoms with Gasteiger partial charge in [0.15, 0.2) is 11.5 Å². The fraction of sp³-hybridized carbons (Fsp3) is 0.107. The van der Waals surface area contributed by atoms with E-state index < -0.39 is 11.9 Å². The normalized spacial score (nSPS) is 11.8. The molecule has 0 fully saturated rings. The van der Waals surface area contributed by atoms with E-state index in [2.05, 4.69) is 32.3 Å². The topological polar surface area (TPSA) is 130 Å². The molecule has 0 saturated carbocycles. The van der Waals surface area contributed by atoms with Crippen molar-refractivity contribution in [3.63, 3.8) is 0 Å². The Kier molecular flexibility index (Phi) is 5.69. The highest BCUT2D eigenvalue weighted by Gasteiger charge is 2.24. The summed E-state index contributed by atoms with van der Waals surface area (Å²) in [5.74, 6) is 5.70. The average molecular weight is 518 g/mol. The highest BCUT2D eigenvalue weighted by molar-refractivity contribution is 6.04. The maximum absolute atomic E-state index is 14.0. The van der Waals surface area contributed by atoms with Crippen molar-refractivity contribution in [3.05, 3.63) is 112 Å². The minimum Gasteiger partial charge on any atom is -0.381 e. The predicted octanol–water partition coefficient (Wildman–Crippen LogP) is 2.34. The number of hydrogen-bond acceptors (Lipinski definition) is 6. The summed E-state index contributed by atoms with van der Waals surface area (Å²) in [6.07, 6.45) is 5.04. The van der Waals surface area contributed by atoms with Crippen LogP contribution in [0.3, 0.4) is 0 Å². The van der Waals surface area contributed by atoms with E-state index in [9.17, 15) is 9.59 Å². The third kappa shape index (κ3) is 4.19. The Balaban J connectivity index is 1.45. The number of nitrogens with zero attached hydrogens (tertiary/aromatic N) is 7. The number of carbonyl (C=O) groups is 1. The summed E-state index contributed by atoms with van der Waals surface area (Å²) in [5, 5.41) is 11.4. The van der Waals surface area contributed by atoms with Crippen LogP contribution in [0.5, 0.6) is 0 Å². The minimum absolute atomic E-state index is 0.0667. The van der Waals surface area contributed by atoms with E-state index in [-0.39, 0.29) is 17.1 Å². The van der Waals surface area contributed by atoms with Crippen molar-refractivity contribution in [3.8, 4) is 17.5 Å². The van der Waals surface area contributed by atoms with Gasteiger partial charge in [-0.3, -0.25) is 18.4 Å². The predicted molar refractivity (Wildman–Crippen MR) is 145 cm³/mol. The van der Waals surface area contributed by atoms with Gasteiger partial charge in [-0.2, -0.15) is 5.10 Å². The van der Waals surface area contributed by atoms with Crippen molar-refractivity contribution < 1.29 is 4.79 Å². The number of carbonyl (C=O) groups excluding carboxylic acids is 1. The SMILES string of the molecule is C[C@H](NC(=O)c1c(N)nn2cccnc12)c1cc2ccc(C#Cc3ccn(C)n3)n2c(=O)n1-c1ccccc1. The highest BCUT2D eigenvalue weighted by Crippen LogP contribution is 2.22. The lowest BCUT2D eigenvalue weighted by molar-refractivity contribution is 0.0941. The van der Waals surface area contributed by atoms with Crippen molar-refractivity contribution in [2.24, 2.45) is 7.05 Å². The van der Waals surface area contributed by atoms with Crippen LogP contribution in [0.1, 0.15) is 40.4 Å². The van der Waals surface area contributed by atoms with Crippen molar-refractivity contribution in [1.82, 2.24) is 38.7 Å². The largest absolute Gasteiger partial charge is 0.381 e. The molecule has 1 amide bonds. The Labute approximate surface area is 222 Å². The zero-order valence-electron chi connectivity index (χ0n) is 21.1. The Bertz CT molecular complexity index is 1980. The number of fused-ring (bicyclic) bond motifs is 2. The van der Waals surface area contributed by atoms with Crippen LogP contribution in [-0.2, 0) is 7.05 Å². The van der Waals surface area contributed by atoms with Gasteiger partial charge in [-0.15, -0.1) is 5.10 Å². The van der Waals surface area contributed by atoms with Gasteiger partial charge in [0.2, 0.25) is 0 Å². The summed E-state index contributed by atoms with van der Waals surface area (Å²) in [6, 6.07) is 17.6. The number of rotatable bonds is 4. The molecule has 0 radical (unpaired) electrons. The first-order chi connectivity index (χ1) is 18.9. The van der Waals surface area contributed by atoms with Crippen LogP contribution < -0.4 is 16.7 Å². The van der Waals surface area contributed by atoms with E-state index in [0.717, 1.165) is 0 Å². The Morgan fingerprint density at radius 3 is 2.62 bits per heavy atom. The number of para-hydroxylation sites is 1. The van der Waals surface area contributed by atoms with Crippen molar-refractivity contribution in [2.45, 2.75) is 13.0 Å². The molecule has 0 bridgehead atoms. The number of anilines is 1. The molecule has 5 aromatic heterocycles. The summed E-state index contributed by atoms with van der Waals surface area (Å²) in [5.41, 5.74) is 9.26. The molecule has 0 spiro atoms. The van der Waals surface area contributed by atoms with Gasteiger partial charge >= 0.3 is 5.69 Å². The lowest BCUT2D eigenvalue weighted by atomic mass is 10.1. The molecular formula is C28H23N9O2. The molecule has 5 heterocycles. The lowest BCUT2D eigenvalue weighted by Gasteiger charge is -2.20. The molecule has 39 heavy (non-hydrogen) atoms. The molecule has 192 valence electrons. The van der Waals surface area contributed by atoms with E-state index in [0.29, 0.717) is 33.9 Å². The first-order valence-corrected chi connectivity index (χ1v) is 12.1. The second kappa shape index (κ2) is 9.35. The van der Waals surface area contributed by atoms with Crippen molar-refractivity contribution in [1.29, 1.82) is 0 Å². The van der Waals surface area contributed by atoms with E-state index >= 15 is 0 Å². The van der Waals surface area contributed by atoms with Gasteiger partial charge in [-0.05, 0) is 61.2 Å². The van der Waals surface area contributed by atoms with Gasteiger partial charge in [0, 0.05) is 25.6 Å². The van der Waals surface area contributed by atoms with Crippen LogP contribution in [0.15, 0.2) is 84.0 Å². The molecule has 0 aliphatic carbocycles. The van der Waals surface area contributed by atoms with Gasteiger partial charge < -0.3 is 11.1 Å². The number of amides is 1. The van der Waals surface area contributed by atoms with Crippen LogP contribution in [0.25, 0.3) is 16.9 Å². The Hall–Kier alpha value is -5.63. The molecule has 3 N–H and O–H groups in total. The first-order valence-electron chi connectivity index (χ1n) is 12.1. The van der Waals surface area contributed by atoms with E-state index in [4.69, 9.17) is 5.73 Å². The average Bonchev–Trinajstić information content (AvgIpc) is 3.63. The summed E-state index contributed by atoms with van der Waals surface area (Å²) in [7, 11) is 1.82. The quantitative estimate of drug-likeness (QED) is 0.345. The first kappa shape index (κ1) is 23.7. The zero-order chi connectivity index (χ0) is 27.1. The maximum atomic E-state index is 14.0. The number of hydrogen-bond donors (Lipinski definition) is 2. The van der Waals surface area contributed by atoms with Gasteiger partial charge in [0.1, 0.15) is 17.0 Å². The lowest BCUT2D eigenvalue weighted by Crippen LogP contribution is -2.34. The van der Waals surface area contributed by atoms with Gasteiger partial charge in [-0.25, -0.2) is 14.3 Å². The molecule has 0 unspecified atom stereocenters.